The highest BCUT2D eigenvalue weighted by molar-refractivity contribution is 7.89. The Labute approximate surface area is 184 Å². The molecular weight excluding hydrogens is 410 g/mol. The molecule has 1 aliphatic rings. The number of rotatable bonds is 7. The van der Waals surface area contributed by atoms with Gasteiger partial charge in [0.15, 0.2) is 5.58 Å². The number of aromatic nitrogens is 1. The van der Waals surface area contributed by atoms with Gasteiger partial charge < -0.3 is 9.73 Å². The first-order valence-electron chi connectivity index (χ1n) is 11.2. The second-order valence-electron chi connectivity index (χ2n) is 8.54. The highest BCUT2D eigenvalue weighted by atomic mass is 32.2. The van der Waals surface area contributed by atoms with E-state index in [0.29, 0.717) is 36.5 Å². The van der Waals surface area contributed by atoms with Gasteiger partial charge in [0, 0.05) is 19.6 Å². The van der Waals surface area contributed by atoms with E-state index in [1.165, 1.54) is 5.56 Å². The van der Waals surface area contributed by atoms with Crippen molar-refractivity contribution in [1.29, 1.82) is 0 Å². The molecule has 2 aromatic carbocycles. The Morgan fingerprint density at radius 3 is 2.42 bits per heavy atom. The van der Waals surface area contributed by atoms with Crippen molar-refractivity contribution in [3.05, 3.63) is 53.6 Å². The number of sulfonamides is 1. The fraction of sp³-hybridized carbons (Fsp3) is 0.458. The van der Waals surface area contributed by atoms with E-state index < -0.39 is 10.0 Å². The summed E-state index contributed by atoms with van der Waals surface area (Å²) in [7, 11) is -3.40. The third-order valence-corrected chi connectivity index (χ3v) is 7.81. The average molecular weight is 442 g/mol. The summed E-state index contributed by atoms with van der Waals surface area (Å²) < 4.78 is 33.2. The van der Waals surface area contributed by atoms with Gasteiger partial charge in [-0.05, 0) is 60.6 Å². The van der Waals surface area contributed by atoms with E-state index in [0.717, 1.165) is 48.8 Å². The number of oxazole rings is 1. The van der Waals surface area contributed by atoms with Gasteiger partial charge in [-0.2, -0.15) is 9.29 Å². The molecule has 0 unspecified atom stereocenters. The van der Waals surface area contributed by atoms with Crippen molar-refractivity contribution in [2.45, 2.75) is 56.8 Å². The molecule has 0 saturated carbocycles. The molecule has 31 heavy (non-hydrogen) atoms. The summed E-state index contributed by atoms with van der Waals surface area (Å²) in [5.74, 6) is 0.448. The lowest BCUT2D eigenvalue weighted by Gasteiger charge is -2.20. The Kier molecular flexibility index (Phi) is 6.62. The maximum atomic E-state index is 12.9. The molecule has 0 aliphatic carbocycles. The molecule has 0 atom stereocenters. The Hall–Kier alpha value is -2.38. The van der Waals surface area contributed by atoms with E-state index in [9.17, 15) is 8.42 Å². The lowest BCUT2D eigenvalue weighted by molar-refractivity contribution is 0.423. The van der Waals surface area contributed by atoms with Crippen LogP contribution in [0.15, 0.2) is 51.8 Å². The quantitative estimate of drug-likeness (QED) is 0.547. The van der Waals surface area contributed by atoms with Crippen molar-refractivity contribution in [2.24, 2.45) is 0 Å². The molecule has 4 rings (SSSR count). The Bertz CT molecular complexity index is 1110. The highest BCUT2D eigenvalue weighted by Crippen LogP contribution is 2.24. The summed E-state index contributed by atoms with van der Waals surface area (Å²) in [5, 5.41) is 3.23. The number of fused-ring (bicyclic) bond motifs is 1. The first kappa shape index (κ1) is 21.8. The third-order valence-electron chi connectivity index (χ3n) is 5.89. The predicted octanol–water partition coefficient (Wildman–Crippen LogP) is 5.17. The largest absolute Gasteiger partial charge is 0.424 e. The molecule has 2 heterocycles. The van der Waals surface area contributed by atoms with Crippen molar-refractivity contribution in [1.82, 2.24) is 9.29 Å². The monoisotopic (exact) mass is 441 g/mol. The van der Waals surface area contributed by atoms with Gasteiger partial charge in [-0.25, -0.2) is 8.42 Å². The van der Waals surface area contributed by atoms with Gasteiger partial charge in [0.05, 0.1) is 4.90 Å². The van der Waals surface area contributed by atoms with Crippen LogP contribution in [0.4, 0.5) is 6.01 Å². The summed E-state index contributed by atoms with van der Waals surface area (Å²) in [6.45, 7) is 6.21. The van der Waals surface area contributed by atoms with Crippen molar-refractivity contribution in [2.75, 3.05) is 25.0 Å². The molecule has 1 fully saturated rings. The number of hydrogen-bond donors (Lipinski definition) is 1. The van der Waals surface area contributed by atoms with Gasteiger partial charge in [0.1, 0.15) is 5.52 Å². The van der Waals surface area contributed by atoms with Crippen molar-refractivity contribution in [3.8, 4) is 0 Å². The zero-order valence-electron chi connectivity index (χ0n) is 18.3. The maximum Gasteiger partial charge on any atom is 0.295 e. The van der Waals surface area contributed by atoms with Crippen LogP contribution >= 0.6 is 0 Å². The second kappa shape index (κ2) is 9.40. The summed E-state index contributed by atoms with van der Waals surface area (Å²) in [5.41, 5.74) is 3.94. The smallest absolute Gasteiger partial charge is 0.295 e. The lowest BCUT2D eigenvalue weighted by atomic mass is 10.0. The van der Waals surface area contributed by atoms with Gasteiger partial charge in [-0.15, -0.1) is 0 Å². The number of benzene rings is 2. The van der Waals surface area contributed by atoms with Gasteiger partial charge in [-0.3, -0.25) is 0 Å². The van der Waals surface area contributed by atoms with Crippen molar-refractivity contribution >= 4 is 27.1 Å². The topological polar surface area (TPSA) is 75.4 Å². The molecule has 0 spiro atoms. The number of nitrogens with one attached hydrogen (secondary N) is 1. The molecule has 7 heteroatoms. The summed E-state index contributed by atoms with van der Waals surface area (Å²) in [6.07, 6.45) is 4.85. The first-order chi connectivity index (χ1) is 14.9. The van der Waals surface area contributed by atoms with Crippen LogP contribution in [0.3, 0.4) is 0 Å². The number of nitrogens with zero attached hydrogens (tertiary/aromatic N) is 2. The van der Waals surface area contributed by atoms with Crippen molar-refractivity contribution in [3.63, 3.8) is 0 Å². The zero-order chi connectivity index (χ0) is 21.8. The highest BCUT2D eigenvalue weighted by Gasteiger charge is 2.24. The molecule has 6 nitrogen and oxygen atoms in total. The van der Waals surface area contributed by atoms with Crippen LogP contribution in [0.25, 0.3) is 11.1 Å². The number of anilines is 1. The fourth-order valence-corrected chi connectivity index (χ4v) is 5.47. The minimum Gasteiger partial charge on any atom is -0.424 e. The first-order valence-corrected chi connectivity index (χ1v) is 12.6. The third kappa shape index (κ3) is 5.10. The average Bonchev–Trinajstić information content (AvgIpc) is 2.95. The minimum absolute atomic E-state index is 0.381. The van der Waals surface area contributed by atoms with E-state index in [1.54, 1.807) is 16.4 Å². The summed E-state index contributed by atoms with van der Waals surface area (Å²) in [4.78, 5) is 4.91. The van der Waals surface area contributed by atoms with Crippen LogP contribution in [0.5, 0.6) is 0 Å². The Balaban J connectivity index is 1.36. The van der Waals surface area contributed by atoms with Crippen molar-refractivity contribution < 1.29 is 12.8 Å². The molecule has 0 bridgehead atoms. The molecule has 0 radical (unpaired) electrons. The molecule has 1 aliphatic heterocycles. The summed E-state index contributed by atoms with van der Waals surface area (Å²) >= 11 is 0. The van der Waals surface area contributed by atoms with Crippen LogP contribution in [0, 0.1) is 0 Å². The minimum atomic E-state index is -3.40. The molecular formula is C24H31N3O3S. The van der Waals surface area contributed by atoms with Gasteiger partial charge in [-0.1, -0.05) is 44.9 Å². The van der Waals surface area contributed by atoms with Crippen LogP contribution in [-0.2, 0) is 16.4 Å². The van der Waals surface area contributed by atoms with Gasteiger partial charge >= 0.3 is 0 Å². The summed E-state index contributed by atoms with van der Waals surface area (Å²) in [6, 6.07) is 13.9. The van der Waals surface area contributed by atoms with Crippen LogP contribution in [0.1, 0.15) is 56.6 Å². The molecule has 1 N–H and O–H groups in total. The Morgan fingerprint density at radius 1 is 1.03 bits per heavy atom. The van der Waals surface area contributed by atoms with Crippen LogP contribution < -0.4 is 5.32 Å². The predicted molar refractivity (Wildman–Crippen MR) is 124 cm³/mol. The van der Waals surface area contributed by atoms with E-state index >= 15 is 0 Å². The normalized spacial score (nSPS) is 16.0. The second-order valence-corrected chi connectivity index (χ2v) is 10.5. The maximum absolute atomic E-state index is 12.9. The molecule has 0 amide bonds. The zero-order valence-corrected chi connectivity index (χ0v) is 19.1. The Morgan fingerprint density at radius 2 is 1.74 bits per heavy atom. The van der Waals surface area contributed by atoms with Crippen LogP contribution in [0.2, 0.25) is 0 Å². The standard InChI is InChI=1S/C24H31N3O3S/c1-18(2)20-9-12-23-22(17-20)26-24(30-23)25-14-13-19-7-10-21(11-8-19)31(28,29)27-15-5-3-4-6-16-27/h7-12,17-18H,3-6,13-16H2,1-2H3,(H,25,26). The van der Waals surface area contributed by atoms with Crippen LogP contribution in [-0.4, -0.2) is 37.3 Å². The lowest BCUT2D eigenvalue weighted by Crippen LogP contribution is -2.31. The molecule has 3 aromatic rings. The van der Waals surface area contributed by atoms with E-state index in [4.69, 9.17) is 4.42 Å². The van der Waals surface area contributed by atoms with Gasteiger partial charge in [0.25, 0.3) is 6.01 Å². The van der Waals surface area contributed by atoms with E-state index in [2.05, 4.69) is 36.3 Å². The SMILES string of the molecule is CC(C)c1ccc2oc(NCCc3ccc(S(=O)(=O)N4CCCCCC4)cc3)nc2c1. The van der Waals surface area contributed by atoms with Gasteiger partial charge in [0.2, 0.25) is 10.0 Å². The molecule has 166 valence electrons. The molecule has 1 saturated heterocycles. The molecule has 1 aromatic heterocycles. The van der Waals surface area contributed by atoms with E-state index in [1.807, 2.05) is 18.2 Å². The number of hydrogen-bond acceptors (Lipinski definition) is 5. The van der Waals surface area contributed by atoms with E-state index in [-0.39, 0.29) is 0 Å². The fourth-order valence-electron chi connectivity index (χ4n) is 3.95.